The number of fused-ring (bicyclic) bond motifs is 1. The first-order chi connectivity index (χ1) is 9.81. The smallest absolute Gasteiger partial charge is 0.175 e. The summed E-state index contributed by atoms with van der Waals surface area (Å²) in [5.41, 5.74) is 7.80. The largest absolute Gasteiger partial charge is 0.330 e. The van der Waals surface area contributed by atoms with Crippen molar-refractivity contribution in [1.29, 1.82) is 0 Å². The van der Waals surface area contributed by atoms with Crippen LogP contribution in [0.1, 0.15) is 37.9 Å². The molecule has 1 aromatic heterocycles. The van der Waals surface area contributed by atoms with E-state index in [0.717, 1.165) is 37.0 Å². The fourth-order valence-corrected chi connectivity index (χ4v) is 3.90. The van der Waals surface area contributed by atoms with Gasteiger partial charge in [-0.2, -0.15) is 0 Å². The standard InChI is InChI=1S/C15H21N3O2S/c1-18-13-7-6-11(21(2,19)20)10-12(13)17-14(18)15(16)8-4-3-5-9-15/h6-7,10H,3-5,8-9,16H2,1-2H3. The molecule has 114 valence electrons. The van der Waals surface area contributed by atoms with Gasteiger partial charge in [-0.05, 0) is 31.0 Å². The van der Waals surface area contributed by atoms with E-state index in [-0.39, 0.29) is 0 Å². The average molecular weight is 307 g/mol. The number of hydrogen-bond acceptors (Lipinski definition) is 4. The highest BCUT2D eigenvalue weighted by Crippen LogP contribution is 2.35. The van der Waals surface area contributed by atoms with E-state index in [9.17, 15) is 8.42 Å². The van der Waals surface area contributed by atoms with Crippen LogP contribution in [0.3, 0.4) is 0 Å². The molecule has 0 radical (unpaired) electrons. The van der Waals surface area contributed by atoms with E-state index in [4.69, 9.17) is 5.73 Å². The maximum Gasteiger partial charge on any atom is 0.175 e. The molecule has 1 aliphatic carbocycles. The third-order valence-electron chi connectivity index (χ3n) is 4.47. The molecular formula is C15H21N3O2S. The molecule has 0 unspecified atom stereocenters. The van der Waals surface area contributed by atoms with Crippen molar-refractivity contribution < 1.29 is 8.42 Å². The molecule has 1 aliphatic rings. The van der Waals surface area contributed by atoms with Crippen LogP contribution in [0.4, 0.5) is 0 Å². The van der Waals surface area contributed by atoms with E-state index < -0.39 is 15.4 Å². The van der Waals surface area contributed by atoms with Crippen molar-refractivity contribution in [3.8, 4) is 0 Å². The lowest BCUT2D eigenvalue weighted by atomic mass is 9.82. The minimum absolute atomic E-state index is 0.300. The molecule has 6 heteroatoms. The number of imidazole rings is 1. The minimum Gasteiger partial charge on any atom is -0.330 e. The van der Waals surface area contributed by atoms with Gasteiger partial charge in [0.05, 0.1) is 21.5 Å². The van der Waals surface area contributed by atoms with Crippen LogP contribution in [0.15, 0.2) is 23.1 Å². The van der Waals surface area contributed by atoms with Gasteiger partial charge in [0.25, 0.3) is 0 Å². The zero-order valence-corrected chi connectivity index (χ0v) is 13.3. The molecule has 1 heterocycles. The van der Waals surface area contributed by atoms with Crippen molar-refractivity contribution in [2.45, 2.75) is 42.5 Å². The second-order valence-corrected chi connectivity index (χ2v) is 8.15. The van der Waals surface area contributed by atoms with Crippen LogP contribution in [0.2, 0.25) is 0 Å². The average Bonchev–Trinajstić information content (AvgIpc) is 2.76. The van der Waals surface area contributed by atoms with Crippen molar-refractivity contribution in [1.82, 2.24) is 9.55 Å². The van der Waals surface area contributed by atoms with Crippen molar-refractivity contribution in [2.75, 3.05) is 6.26 Å². The van der Waals surface area contributed by atoms with Gasteiger partial charge >= 0.3 is 0 Å². The van der Waals surface area contributed by atoms with Crippen molar-refractivity contribution in [2.24, 2.45) is 12.8 Å². The van der Waals surface area contributed by atoms with Gasteiger partial charge in [-0.3, -0.25) is 0 Å². The summed E-state index contributed by atoms with van der Waals surface area (Å²) < 4.78 is 25.4. The quantitative estimate of drug-likeness (QED) is 0.921. The van der Waals surface area contributed by atoms with Gasteiger partial charge in [0, 0.05) is 13.3 Å². The molecule has 0 aliphatic heterocycles. The molecule has 0 saturated heterocycles. The van der Waals surface area contributed by atoms with E-state index in [1.54, 1.807) is 12.1 Å². The van der Waals surface area contributed by atoms with Crippen LogP contribution in [-0.2, 0) is 22.4 Å². The summed E-state index contributed by atoms with van der Waals surface area (Å²) in [4.78, 5) is 4.96. The Bertz CT molecular complexity index is 787. The van der Waals surface area contributed by atoms with Crippen LogP contribution in [0, 0.1) is 0 Å². The molecule has 2 N–H and O–H groups in total. The normalized spacial score (nSPS) is 19.0. The van der Waals surface area contributed by atoms with Gasteiger partial charge < -0.3 is 10.3 Å². The third kappa shape index (κ3) is 2.46. The van der Waals surface area contributed by atoms with Gasteiger partial charge in [0.15, 0.2) is 9.84 Å². The lowest BCUT2D eigenvalue weighted by Gasteiger charge is -2.32. The first kappa shape index (κ1) is 14.5. The molecule has 1 aromatic carbocycles. The summed E-state index contributed by atoms with van der Waals surface area (Å²) in [6.45, 7) is 0. The fourth-order valence-electron chi connectivity index (χ4n) is 3.26. The van der Waals surface area contributed by atoms with Crippen LogP contribution in [0.25, 0.3) is 11.0 Å². The topological polar surface area (TPSA) is 78.0 Å². The Morgan fingerprint density at radius 2 is 1.90 bits per heavy atom. The van der Waals surface area contributed by atoms with Crippen LogP contribution in [0.5, 0.6) is 0 Å². The molecule has 2 aromatic rings. The predicted molar refractivity (Wildman–Crippen MR) is 82.8 cm³/mol. The Labute approximate surface area is 125 Å². The van der Waals surface area contributed by atoms with Gasteiger partial charge in [0.2, 0.25) is 0 Å². The van der Waals surface area contributed by atoms with Crippen molar-refractivity contribution in [3.63, 3.8) is 0 Å². The second kappa shape index (κ2) is 4.81. The Morgan fingerprint density at radius 1 is 1.24 bits per heavy atom. The molecular weight excluding hydrogens is 286 g/mol. The van der Waals surface area contributed by atoms with E-state index in [1.165, 1.54) is 12.7 Å². The SMILES string of the molecule is Cn1c(C2(N)CCCCC2)nc2cc(S(C)(=O)=O)ccc21. The Morgan fingerprint density at radius 3 is 2.52 bits per heavy atom. The van der Waals surface area contributed by atoms with Crippen LogP contribution >= 0.6 is 0 Å². The molecule has 0 amide bonds. The number of nitrogens with zero attached hydrogens (tertiary/aromatic N) is 2. The number of nitrogens with two attached hydrogens (primary N) is 1. The predicted octanol–water partition coefficient (Wildman–Crippen LogP) is 2.09. The summed E-state index contributed by atoms with van der Waals surface area (Å²) in [7, 11) is -1.27. The van der Waals surface area contributed by atoms with E-state index in [2.05, 4.69) is 4.98 Å². The minimum atomic E-state index is -3.22. The van der Waals surface area contributed by atoms with E-state index in [0.29, 0.717) is 10.4 Å². The first-order valence-corrected chi connectivity index (χ1v) is 9.16. The zero-order chi connectivity index (χ0) is 15.3. The number of benzene rings is 1. The molecule has 0 atom stereocenters. The summed E-state index contributed by atoms with van der Waals surface area (Å²) in [5.74, 6) is 0.864. The summed E-state index contributed by atoms with van der Waals surface area (Å²) >= 11 is 0. The van der Waals surface area contributed by atoms with Gasteiger partial charge in [-0.1, -0.05) is 19.3 Å². The Balaban J connectivity index is 2.15. The van der Waals surface area contributed by atoms with Gasteiger partial charge in [-0.15, -0.1) is 0 Å². The number of hydrogen-bond donors (Lipinski definition) is 1. The van der Waals surface area contributed by atoms with Crippen molar-refractivity contribution >= 4 is 20.9 Å². The maximum atomic E-state index is 11.7. The summed E-state index contributed by atoms with van der Waals surface area (Å²) in [6, 6.07) is 5.09. The van der Waals surface area contributed by atoms with Gasteiger partial charge in [-0.25, -0.2) is 13.4 Å². The van der Waals surface area contributed by atoms with Gasteiger partial charge in [0.1, 0.15) is 5.82 Å². The number of aryl methyl sites for hydroxylation is 1. The number of aromatic nitrogens is 2. The zero-order valence-electron chi connectivity index (χ0n) is 12.5. The van der Waals surface area contributed by atoms with Crippen LogP contribution in [-0.4, -0.2) is 24.2 Å². The van der Waals surface area contributed by atoms with Crippen LogP contribution < -0.4 is 5.73 Å². The highest BCUT2D eigenvalue weighted by atomic mass is 32.2. The molecule has 21 heavy (non-hydrogen) atoms. The highest BCUT2D eigenvalue weighted by Gasteiger charge is 2.34. The highest BCUT2D eigenvalue weighted by molar-refractivity contribution is 7.90. The maximum absolute atomic E-state index is 11.7. The molecule has 1 saturated carbocycles. The summed E-state index contributed by atoms with van der Waals surface area (Å²) in [5, 5.41) is 0. The van der Waals surface area contributed by atoms with E-state index >= 15 is 0 Å². The molecule has 5 nitrogen and oxygen atoms in total. The molecule has 3 rings (SSSR count). The lowest BCUT2D eigenvalue weighted by molar-refractivity contribution is 0.282. The fraction of sp³-hybridized carbons (Fsp3) is 0.533. The Kier molecular flexibility index (Phi) is 3.33. The third-order valence-corrected chi connectivity index (χ3v) is 5.58. The lowest BCUT2D eigenvalue weighted by Crippen LogP contribution is -2.41. The summed E-state index contributed by atoms with van der Waals surface area (Å²) in [6.07, 6.45) is 6.54. The molecule has 0 spiro atoms. The van der Waals surface area contributed by atoms with E-state index in [1.807, 2.05) is 17.7 Å². The molecule has 0 bridgehead atoms. The number of sulfone groups is 1. The second-order valence-electron chi connectivity index (χ2n) is 6.13. The monoisotopic (exact) mass is 307 g/mol. The van der Waals surface area contributed by atoms with Crippen molar-refractivity contribution in [3.05, 3.63) is 24.0 Å². The molecule has 1 fully saturated rings. The Hall–Kier alpha value is -1.40. The number of rotatable bonds is 2. The first-order valence-electron chi connectivity index (χ1n) is 7.27.